The number of hydrogen-bond donors (Lipinski definition) is 0. The third-order valence-corrected chi connectivity index (χ3v) is 6.96. The molecule has 0 saturated carbocycles. The van der Waals surface area contributed by atoms with Gasteiger partial charge in [-0.2, -0.15) is 17.6 Å². The number of fused-ring (bicyclic) bond motifs is 1. The number of carbonyl (C=O) groups is 1. The lowest BCUT2D eigenvalue weighted by Gasteiger charge is -2.24. The van der Waals surface area contributed by atoms with Crippen molar-refractivity contribution in [1.82, 2.24) is 14.1 Å². The average molecular weight is 442 g/mol. The summed E-state index contributed by atoms with van der Waals surface area (Å²) in [5.41, 5.74) is 1.65. The molecule has 1 aliphatic rings. The second-order valence-electron chi connectivity index (χ2n) is 8.98. The fourth-order valence-corrected chi connectivity index (χ4v) is 5.13. The van der Waals surface area contributed by atoms with Crippen LogP contribution >= 0.6 is 0 Å². The van der Waals surface area contributed by atoms with Gasteiger partial charge in [-0.25, -0.2) is 4.79 Å². The fourth-order valence-electron chi connectivity index (χ4n) is 3.83. The zero-order chi connectivity index (χ0) is 22.4. The lowest BCUT2D eigenvalue weighted by molar-refractivity contribution is 0.0292. The predicted molar refractivity (Wildman–Crippen MR) is 119 cm³/mol. The largest absolute Gasteiger partial charge is 0.444 e. The Labute approximate surface area is 182 Å². The first-order chi connectivity index (χ1) is 14.6. The van der Waals surface area contributed by atoms with Gasteiger partial charge >= 0.3 is 6.09 Å². The second kappa shape index (κ2) is 7.67. The van der Waals surface area contributed by atoms with E-state index < -0.39 is 15.6 Å². The number of carbonyl (C=O) groups excluding carboxylic acids is 1. The van der Waals surface area contributed by atoms with Crippen LogP contribution in [0.1, 0.15) is 44.4 Å². The van der Waals surface area contributed by atoms with Crippen LogP contribution in [0.4, 0.5) is 4.79 Å². The van der Waals surface area contributed by atoms with E-state index in [1.54, 1.807) is 41.3 Å². The molecule has 1 amide bonds. The SMILES string of the molecule is Cc1ccc(S(=O)(=O)n2nc(C3CCN(C(=O)OC(C)(C)C)C3)c3ccccc32)cc1. The van der Waals surface area contributed by atoms with E-state index in [0.29, 0.717) is 30.7 Å². The van der Waals surface area contributed by atoms with E-state index in [1.165, 1.54) is 0 Å². The van der Waals surface area contributed by atoms with Gasteiger partial charge in [-0.05, 0) is 52.3 Å². The molecule has 164 valence electrons. The summed E-state index contributed by atoms with van der Waals surface area (Å²) in [7, 11) is -3.84. The van der Waals surface area contributed by atoms with Crippen molar-refractivity contribution in [2.45, 2.75) is 50.5 Å². The molecule has 2 aromatic carbocycles. The van der Waals surface area contributed by atoms with Gasteiger partial charge in [-0.15, -0.1) is 0 Å². The summed E-state index contributed by atoms with van der Waals surface area (Å²) in [5, 5.41) is 5.35. The van der Waals surface area contributed by atoms with E-state index >= 15 is 0 Å². The zero-order valence-corrected chi connectivity index (χ0v) is 19.0. The molecule has 7 nitrogen and oxygen atoms in total. The first-order valence-corrected chi connectivity index (χ1v) is 11.8. The van der Waals surface area contributed by atoms with Gasteiger partial charge in [0.25, 0.3) is 10.0 Å². The lowest BCUT2D eigenvalue weighted by atomic mass is 10.0. The number of ether oxygens (including phenoxy) is 1. The van der Waals surface area contributed by atoms with Gasteiger partial charge in [0.2, 0.25) is 0 Å². The minimum atomic E-state index is -3.84. The Kier molecular flexibility index (Phi) is 5.29. The summed E-state index contributed by atoms with van der Waals surface area (Å²) < 4.78 is 33.3. The Morgan fingerprint density at radius 1 is 1.10 bits per heavy atom. The minimum Gasteiger partial charge on any atom is -0.444 e. The van der Waals surface area contributed by atoms with E-state index in [-0.39, 0.29) is 16.9 Å². The molecule has 4 rings (SSSR count). The first-order valence-electron chi connectivity index (χ1n) is 10.3. The first kappa shape index (κ1) is 21.4. The average Bonchev–Trinajstić information content (AvgIpc) is 3.32. The third-order valence-electron chi connectivity index (χ3n) is 5.36. The Balaban J connectivity index is 1.70. The molecule has 8 heteroatoms. The third kappa shape index (κ3) is 4.17. The highest BCUT2D eigenvalue weighted by Gasteiger charge is 2.34. The number of amides is 1. The summed E-state index contributed by atoms with van der Waals surface area (Å²) in [6.45, 7) is 8.41. The fraction of sp³-hybridized carbons (Fsp3) is 0.391. The van der Waals surface area contributed by atoms with Crippen molar-refractivity contribution in [3.8, 4) is 0 Å². The number of benzene rings is 2. The van der Waals surface area contributed by atoms with Crippen molar-refractivity contribution in [3.05, 3.63) is 59.8 Å². The molecule has 0 spiro atoms. The normalized spacial score (nSPS) is 17.3. The molecule has 2 heterocycles. The van der Waals surface area contributed by atoms with Gasteiger partial charge in [-0.1, -0.05) is 35.9 Å². The number of hydrogen-bond acceptors (Lipinski definition) is 5. The Morgan fingerprint density at radius 3 is 2.45 bits per heavy atom. The number of aryl methyl sites for hydroxylation is 1. The highest BCUT2D eigenvalue weighted by atomic mass is 32.2. The predicted octanol–water partition coefficient (Wildman–Crippen LogP) is 4.31. The molecule has 1 fully saturated rings. The lowest BCUT2D eigenvalue weighted by Crippen LogP contribution is -2.35. The monoisotopic (exact) mass is 441 g/mol. The maximum Gasteiger partial charge on any atom is 0.410 e. The van der Waals surface area contributed by atoms with Crippen molar-refractivity contribution >= 4 is 27.0 Å². The Hall–Kier alpha value is -2.87. The van der Waals surface area contributed by atoms with E-state index in [1.807, 2.05) is 39.8 Å². The second-order valence-corrected chi connectivity index (χ2v) is 10.7. The van der Waals surface area contributed by atoms with E-state index in [2.05, 4.69) is 5.10 Å². The zero-order valence-electron chi connectivity index (χ0n) is 18.2. The number of likely N-dealkylation sites (tertiary alicyclic amines) is 1. The molecule has 3 aromatic rings. The molecule has 0 bridgehead atoms. The van der Waals surface area contributed by atoms with Crippen molar-refractivity contribution in [3.63, 3.8) is 0 Å². The summed E-state index contributed by atoms with van der Waals surface area (Å²) in [6.07, 6.45) is 0.344. The molecule has 1 atom stereocenters. The van der Waals surface area contributed by atoms with E-state index in [4.69, 9.17) is 4.74 Å². The summed E-state index contributed by atoms with van der Waals surface area (Å²) in [5.74, 6) is -0.0631. The van der Waals surface area contributed by atoms with Gasteiger partial charge < -0.3 is 9.64 Å². The van der Waals surface area contributed by atoms with Crippen LogP contribution in [-0.2, 0) is 14.8 Å². The number of rotatable bonds is 3. The molecule has 1 aliphatic heterocycles. The van der Waals surface area contributed by atoms with Crippen LogP contribution in [0.3, 0.4) is 0 Å². The van der Waals surface area contributed by atoms with Gasteiger partial charge in [0.05, 0.1) is 16.1 Å². The highest BCUT2D eigenvalue weighted by Crippen LogP contribution is 2.33. The van der Waals surface area contributed by atoms with Crippen LogP contribution in [0.5, 0.6) is 0 Å². The molecular weight excluding hydrogens is 414 g/mol. The molecule has 0 N–H and O–H groups in total. The van der Waals surface area contributed by atoms with Crippen molar-refractivity contribution in [1.29, 1.82) is 0 Å². The van der Waals surface area contributed by atoms with Gasteiger partial charge in [0.1, 0.15) is 5.60 Å². The summed E-state index contributed by atoms with van der Waals surface area (Å²) in [4.78, 5) is 14.3. The Bertz CT molecular complexity index is 1220. The van der Waals surface area contributed by atoms with Gasteiger partial charge in [0.15, 0.2) is 0 Å². The van der Waals surface area contributed by atoms with Crippen LogP contribution in [0.2, 0.25) is 0 Å². The molecule has 0 radical (unpaired) electrons. The molecular formula is C23H27N3O4S. The van der Waals surface area contributed by atoms with Crippen molar-refractivity contribution in [2.24, 2.45) is 0 Å². The molecule has 1 saturated heterocycles. The highest BCUT2D eigenvalue weighted by molar-refractivity contribution is 7.90. The quantitative estimate of drug-likeness (QED) is 0.605. The maximum absolute atomic E-state index is 13.3. The molecule has 1 aromatic heterocycles. The standard InChI is InChI=1S/C23H27N3O4S/c1-16-9-11-18(12-10-16)31(28,29)26-20-8-6-5-7-19(20)21(24-26)17-13-14-25(15-17)22(27)30-23(2,3)4/h5-12,17H,13-15H2,1-4H3. The summed E-state index contributed by atoms with van der Waals surface area (Å²) >= 11 is 0. The number of nitrogens with zero attached hydrogens (tertiary/aromatic N) is 3. The van der Waals surface area contributed by atoms with Crippen LogP contribution in [0.15, 0.2) is 53.4 Å². The molecule has 1 unspecified atom stereocenters. The van der Waals surface area contributed by atoms with Crippen LogP contribution < -0.4 is 0 Å². The summed E-state index contributed by atoms with van der Waals surface area (Å²) in [6, 6.07) is 14.1. The van der Waals surface area contributed by atoms with E-state index in [0.717, 1.165) is 15.0 Å². The maximum atomic E-state index is 13.3. The van der Waals surface area contributed by atoms with Crippen LogP contribution in [0, 0.1) is 6.92 Å². The van der Waals surface area contributed by atoms with Crippen LogP contribution in [0.25, 0.3) is 10.9 Å². The van der Waals surface area contributed by atoms with E-state index in [9.17, 15) is 13.2 Å². The molecule has 31 heavy (non-hydrogen) atoms. The topological polar surface area (TPSA) is 81.5 Å². The van der Waals surface area contributed by atoms with Crippen LogP contribution in [-0.4, -0.2) is 47.3 Å². The van der Waals surface area contributed by atoms with Gasteiger partial charge in [-0.3, -0.25) is 0 Å². The number of aromatic nitrogens is 2. The molecule has 0 aliphatic carbocycles. The van der Waals surface area contributed by atoms with Crippen molar-refractivity contribution in [2.75, 3.05) is 13.1 Å². The smallest absolute Gasteiger partial charge is 0.410 e. The minimum absolute atomic E-state index is 0.0631. The Morgan fingerprint density at radius 2 is 1.77 bits per heavy atom. The number of para-hydroxylation sites is 1. The van der Waals surface area contributed by atoms with Crippen molar-refractivity contribution < 1.29 is 17.9 Å². The van der Waals surface area contributed by atoms with Gasteiger partial charge in [0, 0.05) is 24.4 Å².